The minimum atomic E-state index is 0.470. The van der Waals surface area contributed by atoms with Gasteiger partial charge in [-0.1, -0.05) is 45.0 Å². The van der Waals surface area contributed by atoms with E-state index in [1.54, 1.807) is 6.21 Å². The van der Waals surface area contributed by atoms with Gasteiger partial charge in [0.2, 0.25) is 0 Å². The minimum absolute atomic E-state index is 0.470. The molecular weight excluding hydrogens is 340 g/mol. The first-order valence-electron chi connectivity index (χ1n) is 9.00. The van der Waals surface area contributed by atoms with Crippen LogP contribution < -0.4 is 15.6 Å². The summed E-state index contributed by atoms with van der Waals surface area (Å²) in [6.45, 7) is 7.58. The smallest absolute Gasteiger partial charge is 0.191 e. The van der Waals surface area contributed by atoms with Gasteiger partial charge in [-0.25, -0.2) is 0 Å². The highest BCUT2D eigenvalue weighted by atomic mass is 32.1. The number of hydrazone groups is 1. The third-order valence-electron chi connectivity index (χ3n) is 4.11. The molecule has 0 aromatic heterocycles. The van der Waals surface area contributed by atoms with Crippen molar-refractivity contribution in [2.45, 2.75) is 33.1 Å². The lowest BCUT2D eigenvalue weighted by atomic mass is 10.0. The second kappa shape index (κ2) is 9.92. The highest BCUT2D eigenvalue weighted by Gasteiger charge is 2.01. The summed E-state index contributed by atoms with van der Waals surface area (Å²) < 4.78 is 0. The average molecular weight is 369 g/mol. The zero-order chi connectivity index (χ0) is 18.9. The molecule has 4 nitrogen and oxygen atoms in total. The minimum Gasteiger partial charge on any atom is -0.375 e. The van der Waals surface area contributed by atoms with Gasteiger partial charge in [0.1, 0.15) is 0 Å². The summed E-state index contributed by atoms with van der Waals surface area (Å²) in [5, 5.41) is 7.80. The fourth-order valence-electron chi connectivity index (χ4n) is 2.56. The van der Waals surface area contributed by atoms with Crippen LogP contribution in [0.3, 0.4) is 0 Å². The van der Waals surface area contributed by atoms with E-state index in [-0.39, 0.29) is 0 Å². The van der Waals surface area contributed by atoms with E-state index in [1.165, 1.54) is 11.3 Å². The lowest BCUT2D eigenvalue weighted by molar-refractivity contribution is 0.852. The van der Waals surface area contributed by atoms with E-state index in [0.29, 0.717) is 11.0 Å². The van der Waals surface area contributed by atoms with Gasteiger partial charge in [0.05, 0.1) is 6.21 Å². The molecule has 2 N–H and O–H groups in total. The molecule has 0 saturated carbocycles. The summed E-state index contributed by atoms with van der Waals surface area (Å²) in [6.07, 6.45) is 2.90. The van der Waals surface area contributed by atoms with Gasteiger partial charge in [0.15, 0.2) is 5.11 Å². The fourth-order valence-corrected chi connectivity index (χ4v) is 2.73. The van der Waals surface area contributed by atoms with Crippen molar-refractivity contribution in [1.82, 2.24) is 5.43 Å². The van der Waals surface area contributed by atoms with Gasteiger partial charge >= 0.3 is 0 Å². The first-order valence-corrected chi connectivity index (χ1v) is 9.41. The molecular formula is C21H28N4S. The Balaban J connectivity index is 1.84. The number of hydrogen-bond acceptors (Lipinski definition) is 3. The molecule has 0 radical (unpaired) electrons. The van der Waals surface area contributed by atoms with E-state index < -0.39 is 0 Å². The maximum absolute atomic E-state index is 5.28. The molecule has 0 aliphatic heterocycles. The van der Waals surface area contributed by atoms with Crippen molar-refractivity contribution in [3.63, 3.8) is 0 Å². The SMILES string of the molecule is CCCN(C)c1ccc(/C=N\NC(=S)Nc2ccc(C(C)C)cc2)cc1. The van der Waals surface area contributed by atoms with Crippen LogP contribution in [0.4, 0.5) is 11.4 Å². The van der Waals surface area contributed by atoms with Gasteiger partial charge in [0, 0.05) is 25.0 Å². The van der Waals surface area contributed by atoms with Gasteiger partial charge in [-0.05, 0) is 59.9 Å². The normalized spacial score (nSPS) is 11.0. The Kier molecular flexibility index (Phi) is 7.60. The third-order valence-corrected chi connectivity index (χ3v) is 4.30. The lowest BCUT2D eigenvalue weighted by Gasteiger charge is -2.18. The number of nitrogens with one attached hydrogen (secondary N) is 2. The number of thiocarbonyl (C=S) groups is 1. The van der Waals surface area contributed by atoms with Crippen LogP contribution in [0.1, 0.15) is 44.2 Å². The Labute approximate surface area is 162 Å². The Bertz CT molecular complexity index is 721. The van der Waals surface area contributed by atoms with Crippen LogP contribution in [0.2, 0.25) is 0 Å². The molecule has 0 fully saturated rings. The monoisotopic (exact) mass is 368 g/mol. The van der Waals surface area contributed by atoms with E-state index in [4.69, 9.17) is 12.2 Å². The van der Waals surface area contributed by atoms with Gasteiger partial charge in [-0.2, -0.15) is 5.10 Å². The zero-order valence-corrected chi connectivity index (χ0v) is 16.8. The first kappa shape index (κ1) is 19.9. The average Bonchev–Trinajstić information content (AvgIpc) is 2.63. The third kappa shape index (κ3) is 6.15. The largest absolute Gasteiger partial charge is 0.375 e. The molecule has 2 aromatic carbocycles. The predicted octanol–water partition coefficient (Wildman–Crippen LogP) is 4.98. The number of hydrogen-bond donors (Lipinski definition) is 2. The molecule has 5 heteroatoms. The summed E-state index contributed by atoms with van der Waals surface area (Å²) in [6, 6.07) is 16.6. The van der Waals surface area contributed by atoms with Crippen molar-refractivity contribution in [2.24, 2.45) is 5.10 Å². The van der Waals surface area contributed by atoms with Crippen molar-refractivity contribution in [3.05, 3.63) is 59.7 Å². The second-order valence-corrected chi connectivity index (χ2v) is 7.02. The van der Waals surface area contributed by atoms with Gasteiger partial charge in [-0.15, -0.1) is 0 Å². The van der Waals surface area contributed by atoms with Crippen LogP contribution in [0.25, 0.3) is 0 Å². The Morgan fingerprint density at radius 3 is 2.35 bits per heavy atom. The molecule has 0 atom stereocenters. The van der Waals surface area contributed by atoms with Crippen LogP contribution in [-0.2, 0) is 0 Å². The van der Waals surface area contributed by atoms with Crippen molar-refractivity contribution < 1.29 is 0 Å². The van der Waals surface area contributed by atoms with Crippen LogP contribution in [0, 0.1) is 0 Å². The summed E-state index contributed by atoms with van der Waals surface area (Å²) in [7, 11) is 2.10. The maximum Gasteiger partial charge on any atom is 0.191 e. The zero-order valence-electron chi connectivity index (χ0n) is 16.0. The Morgan fingerprint density at radius 2 is 1.77 bits per heavy atom. The summed E-state index contributed by atoms with van der Waals surface area (Å²) in [5.74, 6) is 0.520. The van der Waals surface area contributed by atoms with Crippen molar-refractivity contribution >= 4 is 34.9 Å². The van der Waals surface area contributed by atoms with Crippen molar-refractivity contribution in [2.75, 3.05) is 23.8 Å². The highest BCUT2D eigenvalue weighted by Crippen LogP contribution is 2.17. The molecule has 0 spiro atoms. The standard InChI is InChI=1S/C21H28N4S/c1-5-14-25(4)20-12-6-17(7-13-20)15-22-24-21(26)23-19-10-8-18(9-11-19)16(2)3/h6-13,15-16H,5,14H2,1-4H3,(H2,23,24,26)/b22-15-. The van der Waals surface area contributed by atoms with Crippen LogP contribution in [0.15, 0.2) is 53.6 Å². The Hall–Kier alpha value is -2.40. The summed E-state index contributed by atoms with van der Waals surface area (Å²) >= 11 is 5.28. The summed E-state index contributed by atoms with van der Waals surface area (Å²) in [4.78, 5) is 2.24. The summed E-state index contributed by atoms with van der Waals surface area (Å²) in [5.41, 5.74) is 7.34. The number of benzene rings is 2. The van der Waals surface area contributed by atoms with E-state index in [2.05, 4.69) is 72.8 Å². The lowest BCUT2D eigenvalue weighted by Crippen LogP contribution is -2.23. The molecule has 0 aliphatic carbocycles. The molecule has 0 saturated heterocycles. The molecule has 0 unspecified atom stereocenters. The first-order chi connectivity index (χ1) is 12.5. The molecule has 138 valence electrons. The fraction of sp³-hybridized carbons (Fsp3) is 0.333. The molecule has 2 aromatic rings. The van der Waals surface area contributed by atoms with Crippen LogP contribution in [0.5, 0.6) is 0 Å². The van der Waals surface area contributed by atoms with Gasteiger partial charge in [-0.3, -0.25) is 5.43 Å². The van der Waals surface area contributed by atoms with E-state index in [9.17, 15) is 0 Å². The number of rotatable bonds is 7. The molecule has 0 heterocycles. The quantitative estimate of drug-likeness (QED) is 0.411. The molecule has 26 heavy (non-hydrogen) atoms. The van der Waals surface area contributed by atoms with Crippen molar-refractivity contribution in [3.8, 4) is 0 Å². The van der Waals surface area contributed by atoms with Crippen LogP contribution in [-0.4, -0.2) is 24.9 Å². The molecule has 0 amide bonds. The molecule has 0 bridgehead atoms. The molecule has 2 rings (SSSR count). The van der Waals surface area contributed by atoms with E-state index >= 15 is 0 Å². The Morgan fingerprint density at radius 1 is 1.12 bits per heavy atom. The topological polar surface area (TPSA) is 39.7 Å². The maximum atomic E-state index is 5.28. The predicted molar refractivity (Wildman–Crippen MR) is 117 cm³/mol. The van der Waals surface area contributed by atoms with Crippen LogP contribution >= 0.6 is 12.2 Å². The van der Waals surface area contributed by atoms with Crippen molar-refractivity contribution in [1.29, 1.82) is 0 Å². The number of nitrogens with zero attached hydrogens (tertiary/aromatic N) is 2. The second-order valence-electron chi connectivity index (χ2n) is 6.61. The van der Waals surface area contributed by atoms with E-state index in [0.717, 1.165) is 24.2 Å². The van der Waals surface area contributed by atoms with Gasteiger partial charge in [0.25, 0.3) is 0 Å². The van der Waals surface area contributed by atoms with Gasteiger partial charge < -0.3 is 10.2 Å². The molecule has 0 aliphatic rings. The highest BCUT2D eigenvalue weighted by molar-refractivity contribution is 7.80. The number of anilines is 2. The van der Waals surface area contributed by atoms with E-state index in [1.807, 2.05) is 24.3 Å².